The molecule has 0 aliphatic heterocycles. The predicted octanol–water partition coefficient (Wildman–Crippen LogP) is 3.45. The van der Waals surface area contributed by atoms with Gasteiger partial charge in [0, 0.05) is 5.56 Å². The first-order chi connectivity index (χ1) is 15.1. The van der Waals surface area contributed by atoms with Crippen LogP contribution in [-0.2, 0) is 0 Å². The van der Waals surface area contributed by atoms with Gasteiger partial charge in [-0.15, -0.1) is 0 Å². The van der Waals surface area contributed by atoms with Crippen molar-refractivity contribution in [2.45, 2.75) is 0 Å². The lowest BCUT2D eigenvalue weighted by atomic mass is 10.2. The van der Waals surface area contributed by atoms with Crippen LogP contribution >= 0.6 is 0 Å². The van der Waals surface area contributed by atoms with E-state index in [1.54, 1.807) is 47.3 Å². The number of carbonyl (C=O) groups excluding carboxylic acids is 1. The van der Waals surface area contributed by atoms with Crippen LogP contribution < -0.4 is 9.88 Å². The smallest absolute Gasteiger partial charge is 0.319 e. The van der Waals surface area contributed by atoms with Crippen molar-refractivity contribution in [1.82, 2.24) is 9.97 Å². The average Bonchev–Trinajstić information content (AvgIpc) is 2.80. The van der Waals surface area contributed by atoms with Crippen molar-refractivity contribution in [2.24, 2.45) is 0 Å². The Labute approximate surface area is 176 Å². The van der Waals surface area contributed by atoms with Crippen LogP contribution in [0, 0.1) is 22.6 Å². The fourth-order valence-electron chi connectivity index (χ4n) is 2.96. The van der Waals surface area contributed by atoms with E-state index in [4.69, 9.17) is 5.41 Å². The molecular formula is C23H14FN6O+. The minimum absolute atomic E-state index is 0.0681. The normalized spacial score (nSPS) is 10.2. The molecule has 2 aromatic carbocycles. The summed E-state index contributed by atoms with van der Waals surface area (Å²) in [6.07, 6.45) is 3.30. The van der Waals surface area contributed by atoms with Crippen LogP contribution in [0.15, 0.2) is 73.1 Å². The minimum atomic E-state index is -0.427. The quantitative estimate of drug-likeness (QED) is 0.306. The minimum Gasteiger partial charge on any atom is -0.319 e. The highest BCUT2D eigenvalue weighted by atomic mass is 19.1. The van der Waals surface area contributed by atoms with Crippen molar-refractivity contribution in [3.63, 3.8) is 0 Å². The van der Waals surface area contributed by atoms with Crippen LogP contribution in [0.3, 0.4) is 0 Å². The molecule has 0 saturated heterocycles. The summed E-state index contributed by atoms with van der Waals surface area (Å²) in [4.78, 5) is 21.6. The van der Waals surface area contributed by atoms with Crippen molar-refractivity contribution in [3.05, 3.63) is 90.1 Å². The number of pyridine rings is 1. The number of nitriles is 1. The second-order valence-electron chi connectivity index (χ2n) is 6.46. The van der Waals surface area contributed by atoms with Crippen LogP contribution in [0.1, 0.15) is 16.1 Å². The van der Waals surface area contributed by atoms with Gasteiger partial charge in [0.2, 0.25) is 5.52 Å². The first kappa shape index (κ1) is 19.6. The summed E-state index contributed by atoms with van der Waals surface area (Å²) in [5.41, 5.74) is 2.07. The maximum absolute atomic E-state index is 13.1. The summed E-state index contributed by atoms with van der Waals surface area (Å²) >= 11 is 0. The number of benzene rings is 2. The third-order valence-corrected chi connectivity index (χ3v) is 4.44. The van der Waals surface area contributed by atoms with Gasteiger partial charge in [-0.25, -0.2) is 9.37 Å². The third kappa shape index (κ3) is 4.03. The number of fused-ring (bicyclic) bond motifs is 1. The second kappa shape index (κ2) is 8.33. The summed E-state index contributed by atoms with van der Waals surface area (Å²) in [6, 6.07) is 17.7. The summed E-state index contributed by atoms with van der Waals surface area (Å²) < 4.78 is 14.7. The number of nitrogens with one attached hydrogen (secondary N) is 2. The fourth-order valence-corrected chi connectivity index (χ4v) is 2.96. The van der Waals surface area contributed by atoms with E-state index in [0.29, 0.717) is 28.1 Å². The molecule has 8 heteroatoms. The van der Waals surface area contributed by atoms with Gasteiger partial charge in [0.15, 0.2) is 5.69 Å². The summed E-state index contributed by atoms with van der Waals surface area (Å²) in [6.45, 7) is 0. The number of amides is 1. The number of halogens is 1. The molecule has 2 N–H and O–H groups in total. The third-order valence-electron chi connectivity index (χ3n) is 4.44. The standard InChI is InChI=1S/C23H13FN6O/c24-17-9-7-15(8-10-17)23(31)27-18-4-3-11-30(14-18)22-21(16(12-25)13-26)28-19-5-1-2-6-20(19)29-22/h1-11,14,25H/p+1. The first-order valence-electron chi connectivity index (χ1n) is 9.14. The van der Waals surface area contributed by atoms with E-state index in [1.165, 1.54) is 24.3 Å². The zero-order valence-electron chi connectivity index (χ0n) is 16.0. The number of hydrogen-bond donors (Lipinski definition) is 2. The molecule has 0 radical (unpaired) electrons. The molecule has 0 aliphatic carbocycles. The van der Waals surface area contributed by atoms with Crippen molar-refractivity contribution in [3.8, 4) is 11.9 Å². The molecule has 0 unspecified atom stereocenters. The SMILES string of the molecule is N#CC(=C=N)c1nc2ccccc2nc1-[n+]1cccc(NC(=O)c2ccc(F)cc2)c1. The zero-order valence-corrected chi connectivity index (χ0v) is 16.0. The maximum atomic E-state index is 13.1. The number of anilines is 1. The van der Waals surface area contributed by atoms with Crippen LogP contribution in [0.5, 0.6) is 0 Å². The number of allylic oxidation sites excluding steroid dienone is 1. The van der Waals surface area contributed by atoms with Crippen molar-refractivity contribution in [1.29, 1.82) is 10.7 Å². The van der Waals surface area contributed by atoms with E-state index in [0.717, 1.165) is 0 Å². The number of hydrogen-bond acceptors (Lipinski definition) is 5. The molecule has 2 heterocycles. The second-order valence-corrected chi connectivity index (χ2v) is 6.46. The first-order valence-corrected chi connectivity index (χ1v) is 9.14. The lowest BCUT2D eigenvalue weighted by Gasteiger charge is -2.07. The molecule has 0 bridgehead atoms. The molecule has 148 valence electrons. The number of carbonyl (C=O) groups is 1. The Morgan fingerprint density at radius 1 is 1.03 bits per heavy atom. The van der Waals surface area contributed by atoms with Gasteiger partial charge in [0.05, 0.1) is 11.9 Å². The van der Waals surface area contributed by atoms with E-state index in [9.17, 15) is 14.4 Å². The highest BCUT2D eigenvalue weighted by molar-refractivity contribution is 6.04. The Hall–Kier alpha value is -4.73. The highest BCUT2D eigenvalue weighted by Gasteiger charge is 2.23. The van der Waals surface area contributed by atoms with Gasteiger partial charge in [0.25, 0.3) is 5.91 Å². The molecule has 1 amide bonds. The van der Waals surface area contributed by atoms with Crippen LogP contribution in [0.25, 0.3) is 22.4 Å². The largest absolute Gasteiger partial charge is 0.356 e. The van der Waals surface area contributed by atoms with Crippen LogP contribution in [0.2, 0.25) is 0 Å². The lowest BCUT2D eigenvalue weighted by Crippen LogP contribution is -2.33. The molecule has 0 spiro atoms. The van der Waals surface area contributed by atoms with E-state index in [1.807, 2.05) is 12.1 Å². The fraction of sp³-hybridized carbons (Fsp3) is 0. The molecule has 2 aromatic heterocycles. The molecule has 4 rings (SSSR count). The van der Waals surface area contributed by atoms with Crippen LogP contribution in [0.4, 0.5) is 10.1 Å². The number of aromatic nitrogens is 3. The molecule has 31 heavy (non-hydrogen) atoms. The Kier molecular flexibility index (Phi) is 5.26. The Morgan fingerprint density at radius 2 is 1.74 bits per heavy atom. The summed E-state index contributed by atoms with van der Waals surface area (Å²) in [5, 5.41) is 19.6. The van der Waals surface area contributed by atoms with Gasteiger partial charge in [-0.05, 0) is 59.4 Å². The highest BCUT2D eigenvalue weighted by Crippen LogP contribution is 2.18. The molecular weight excluding hydrogens is 395 g/mol. The van der Waals surface area contributed by atoms with E-state index in [-0.39, 0.29) is 11.3 Å². The monoisotopic (exact) mass is 409 g/mol. The van der Waals surface area contributed by atoms with Crippen molar-refractivity contribution >= 4 is 34.1 Å². The zero-order chi connectivity index (χ0) is 21.8. The Morgan fingerprint density at radius 3 is 2.42 bits per heavy atom. The number of para-hydroxylation sites is 2. The molecule has 0 atom stereocenters. The molecule has 0 aliphatic rings. The summed E-state index contributed by atoms with van der Waals surface area (Å²) in [7, 11) is 0. The number of rotatable bonds is 4. The Bertz CT molecular complexity index is 1400. The van der Waals surface area contributed by atoms with Crippen LogP contribution in [-0.4, -0.2) is 21.7 Å². The van der Waals surface area contributed by atoms with Gasteiger partial charge in [0.1, 0.15) is 29.2 Å². The van der Waals surface area contributed by atoms with Gasteiger partial charge in [-0.1, -0.05) is 12.1 Å². The molecule has 4 aromatic rings. The van der Waals surface area contributed by atoms with Gasteiger partial charge >= 0.3 is 5.82 Å². The van der Waals surface area contributed by atoms with E-state index >= 15 is 0 Å². The van der Waals surface area contributed by atoms with Gasteiger partial charge in [-0.3, -0.25) is 10.2 Å². The van der Waals surface area contributed by atoms with Crippen molar-refractivity contribution in [2.75, 3.05) is 5.32 Å². The average molecular weight is 409 g/mol. The molecule has 0 saturated carbocycles. The molecule has 7 nitrogen and oxygen atoms in total. The van der Waals surface area contributed by atoms with Crippen molar-refractivity contribution < 1.29 is 13.8 Å². The van der Waals surface area contributed by atoms with E-state index < -0.39 is 11.7 Å². The van der Waals surface area contributed by atoms with Gasteiger partial charge < -0.3 is 5.32 Å². The lowest BCUT2D eigenvalue weighted by molar-refractivity contribution is -0.599. The predicted molar refractivity (Wildman–Crippen MR) is 112 cm³/mol. The Balaban J connectivity index is 1.77. The van der Waals surface area contributed by atoms with E-state index in [2.05, 4.69) is 21.2 Å². The topological polar surface area (TPSA) is 106 Å². The maximum Gasteiger partial charge on any atom is 0.356 e. The summed E-state index contributed by atoms with van der Waals surface area (Å²) in [5.74, 6) is 1.59. The molecule has 0 fully saturated rings. The van der Waals surface area contributed by atoms with Gasteiger partial charge in [-0.2, -0.15) is 9.83 Å². The number of nitrogens with zero attached hydrogens (tertiary/aromatic N) is 4.